The Balaban J connectivity index is 2.48. The molecule has 13 heavy (non-hydrogen) atoms. The second-order valence-corrected chi connectivity index (χ2v) is 3.20. The smallest absolute Gasteiger partial charge is 0.110 e. The van der Waals surface area contributed by atoms with Crippen molar-refractivity contribution in [3.8, 4) is 0 Å². The topological polar surface area (TPSA) is 82.0 Å². The molecule has 5 heteroatoms. The molecule has 0 aromatic rings. The maximum absolute atomic E-state index is 9.57. The van der Waals surface area contributed by atoms with Crippen molar-refractivity contribution in [1.29, 1.82) is 0 Å². The number of aliphatic hydroxyl groups excluding tert-OH is 3. The zero-order chi connectivity index (χ0) is 9.84. The van der Waals surface area contributed by atoms with Gasteiger partial charge in [0.15, 0.2) is 0 Å². The fourth-order valence-corrected chi connectivity index (χ4v) is 1.48. The molecule has 0 aliphatic carbocycles. The Morgan fingerprint density at radius 3 is 2.62 bits per heavy atom. The molecule has 0 aromatic heterocycles. The molecule has 1 fully saturated rings. The highest BCUT2D eigenvalue weighted by Gasteiger charge is 2.37. The summed E-state index contributed by atoms with van der Waals surface area (Å²) in [5.41, 5.74) is 0. The van der Waals surface area contributed by atoms with Crippen molar-refractivity contribution in [1.82, 2.24) is 5.32 Å². The minimum atomic E-state index is -1.01. The summed E-state index contributed by atoms with van der Waals surface area (Å²) in [5.74, 6) is 0. The van der Waals surface area contributed by atoms with E-state index in [-0.39, 0.29) is 12.6 Å². The van der Waals surface area contributed by atoms with Crippen LogP contribution in [0.1, 0.15) is 6.92 Å². The molecule has 5 nitrogen and oxygen atoms in total. The molecule has 4 N–H and O–H groups in total. The van der Waals surface area contributed by atoms with Gasteiger partial charge in [-0.15, -0.1) is 0 Å². The summed E-state index contributed by atoms with van der Waals surface area (Å²) >= 11 is 0. The lowest BCUT2D eigenvalue weighted by molar-refractivity contribution is -0.161. The van der Waals surface area contributed by atoms with Gasteiger partial charge in [-0.2, -0.15) is 0 Å². The second-order valence-electron chi connectivity index (χ2n) is 3.20. The predicted molar refractivity (Wildman–Crippen MR) is 46.3 cm³/mol. The van der Waals surface area contributed by atoms with Crippen LogP contribution in [0.4, 0.5) is 0 Å². The molecule has 0 radical (unpaired) electrons. The average Bonchev–Trinajstić information content (AvgIpc) is 2.14. The number of rotatable bonds is 3. The van der Waals surface area contributed by atoms with Gasteiger partial charge in [0.05, 0.1) is 19.3 Å². The Morgan fingerprint density at radius 1 is 1.38 bits per heavy atom. The van der Waals surface area contributed by atoms with Crippen molar-refractivity contribution in [2.75, 3.05) is 19.8 Å². The third kappa shape index (κ3) is 2.38. The summed E-state index contributed by atoms with van der Waals surface area (Å²) in [5, 5.41) is 30.8. The quantitative estimate of drug-likeness (QED) is 0.418. The SMILES string of the molecule is CCN[C@H]1CO[C@H](CO)[C@@H](O)[C@@H]1O. The monoisotopic (exact) mass is 191 g/mol. The van der Waals surface area contributed by atoms with E-state index >= 15 is 0 Å². The average molecular weight is 191 g/mol. The van der Waals surface area contributed by atoms with Gasteiger partial charge in [-0.25, -0.2) is 0 Å². The van der Waals surface area contributed by atoms with E-state index in [1.165, 1.54) is 0 Å². The lowest BCUT2D eigenvalue weighted by Crippen LogP contribution is -2.58. The molecule has 1 aliphatic heterocycles. The highest BCUT2D eigenvalue weighted by molar-refractivity contribution is 4.90. The molecule has 4 atom stereocenters. The Bertz CT molecular complexity index is 153. The molecule has 0 amide bonds. The molecule has 0 unspecified atom stereocenters. The van der Waals surface area contributed by atoms with Gasteiger partial charge in [-0.05, 0) is 6.54 Å². The van der Waals surface area contributed by atoms with E-state index in [0.717, 1.165) is 0 Å². The molecule has 1 rings (SSSR count). The highest BCUT2D eigenvalue weighted by atomic mass is 16.5. The van der Waals surface area contributed by atoms with E-state index in [2.05, 4.69) is 5.32 Å². The Hall–Kier alpha value is -0.200. The summed E-state index contributed by atoms with van der Waals surface area (Å²) in [7, 11) is 0. The van der Waals surface area contributed by atoms with Crippen molar-refractivity contribution in [2.24, 2.45) is 0 Å². The van der Waals surface area contributed by atoms with Crippen LogP contribution in [0.3, 0.4) is 0 Å². The number of hydrogen-bond donors (Lipinski definition) is 4. The lowest BCUT2D eigenvalue weighted by Gasteiger charge is -2.37. The molecule has 1 heterocycles. The van der Waals surface area contributed by atoms with E-state index in [1.54, 1.807) is 0 Å². The molecule has 0 aromatic carbocycles. The summed E-state index contributed by atoms with van der Waals surface area (Å²) < 4.78 is 5.15. The molecule has 0 spiro atoms. The fraction of sp³-hybridized carbons (Fsp3) is 1.00. The van der Waals surface area contributed by atoms with Gasteiger partial charge in [0.1, 0.15) is 18.3 Å². The van der Waals surface area contributed by atoms with Gasteiger partial charge in [0.25, 0.3) is 0 Å². The third-order valence-electron chi connectivity index (χ3n) is 2.28. The van der Waals surface area contributed by atoms with Crippen LogP contribution in [-0.4, -0.2) is 59.4 Å². The van der Waals surface area contributed by atoms with Gasteiger partial charge in [-0.1, -0.05) is 6.92 Å². The number of aliphatic hydroxyl groups is 3. The van der Waals surface area contributed by atoms with E-state index in [4.69, 9.17) is 9.84 Å². The zero-order valence-corrected chi connectivity index (χ0v) is 7.68. The Kier molecular flexibility index (Phi) is 4.08. The van der Waals surface area contributed by atoms with Gasteiger partial charge in [0, 0.05) is 0 Å². The normalized spacial score (nSPS) is 40.6. The Labute approximate surface area is 77.3 Å². The van der Waals surface area contributed by atoms with Crippen LogP contribution >= 0.6 is 0 Å². The first-order chi connectivity index (χ1) is 6.20. The van der Waals surface area contributed by atoms with Gasteiger partial charge >= 0.3 is 0 Å². The first kappa shape index (κ1) is 10.9. The van der Waals surface area contributed by atoms with Crippen LogP contribution in [-0.2, 0) is 4.74 Å². The van der Waals surface area contributed by atoms with Crippen LogP contribution in [0.5, 0.6) is 0 Å². The van der Waals surface area contributed by atoms with Crippen LogP contribution < -0.4 is 5.32 Å². The number of nitrogens with one attached hydrogen (secondary N) is 1. The largest absolute Gasteiger partial charge is 0.394 e. The molecular formula is C8H17NO4. The molecule has 1 aliphatic rings. The van der Waals surface area contributed by atoms with Crippen molar-refractivity contribution >= 4 is 0 Å². The summed E-state index contributed by atoms with van der Waals surface area (Å²) in [6.07, 6.45) is -2.54. The summed E-state index contributed by atoms with van der Waals surface area (Å²) in [6.45, 7) is 2.67. The zero-order valence-electron chi connectivity index (χ0n) is 7.68. The molecule has 78 valence electrons. The predicted octanol–water partition coefficient (Wildman–Crippen LogP) is -1.92. The standard InChI is InChI=1S/C8H17NO4/c1-2-9-5-4-13-6(3-10)8(12)7(5)11/h5-12H,2-4H2,1H3/t5-,6+,7+,8+/m0/s1. The molecule has 1 saturated heterocycles. The number of ether oxygens (including phenoxy) is 1. The number of likely N-dealkylation sites (N-methyl/N-ethyl adjacent to an activating group) is 1. The maximum Gasteiger partial charge on any atom is 0.110 e. The van der Waals surface area contributed by atoms with Crippen LogP contribution in [0, 0.1) is 0 Å². The molecular weight excluding hydrogens is 174 g/mol. The van der Waals surface area contributed by atoms with Crippen molar-refractivity contribution < 1.29 is 20.1 Å². The first-order valence-corrected chi connectivity index (χ1v) is 4.52. The molecule has 0 bridgehead atoms. The maximum atomic E-state index is 9.57. The minimum Gasteiger partial charge on any atom is -0.394 e. The number of hydrogen-bond acceptors (Lipinski definition) is 5. The van der Waals surface area contributed by atoms with Crippen LogP contribution in [0.2, 0.25) is 0 Å². The molecule has 0 saturated carbocycles. The second kappa shape index (κ2) is 4.88. The van der Waals surface area contributed by atoms with Gasteiger partial charge in [0.2, 0.25) is 0 Å². The summed E-state index contributed by atoms with van der Waals surface area (Å²) in [4.78, 5) is 0. The van der Waals surface area contributed by atoms with E-state index < -0.39 is 18.3 Å². The van der Waals surface area contributed by atoms with Gasteiger partial charge < -0.3 is 25.4 Å². The van der Waals surface area contributed by atoms with Crippen molar-refractivity contribution in [3.05, 3.63) is 0 Å². The Morgan fingerprint density at radius 2 is 2.08 bits per heavy atom. The van der Waals surface area contributed by atoms with E-state index in [0.29, 0.717) is 13.2 Å². The van der Waals surface area contributed by atoms with Crippen LogP contribution in [0.25, 0.3) is 0 Å². The lowest BCUT2D eigenvalue weighted by atomic mass is 9.98. The first-order valence-electron chi connectivity index (χ1n) is 4.52. The van der Waals surface area contributed by atoms with Crippen molar-refractivity contribution in [3.63, 3.8) is 0 Å². The van der Waals surface area contributed by atoms with Crippen LogP contribution in [0.15, 0.2) is 0 Å². The van der Waals surface area contributed by atoms with Gasteiger partial charge in [-0.3, -0.25) is 0 Å². The van der Waals surface area contributed by atoms with E-state index in [1.807, 2.05) is 6.92 Å². The summed E-state index contributed by atoms with van der Waals surface area (Å²) in [6, 6.07) is -0.247. The fourth-order valence-electron chi connectivity index (χ4n) is 1.48. The highest BCUT2D eigenvalue weighted by Crippen LogP contribution is 2.14. The van der Waals surface area contributed by atoms with E-state index in [9.17, 15) is 10.2 Å². The minimum absolute atomic E-state index is 0.247. The third-order valence-corrected chi connectivity index (χ3v) is 2.28. The van der Waals surface area contributed by atoms with Crippen molar-refractivity contribution in [2.45, 2.75) is 31.3 Å².